The van der Waals surface area contributed by atoms with Gasteiger partial charge in [0.2, 0.25) is 5.95 Å². The standard InChI is InChI=1S/C39H22N4S/c1-2-12-24(13-3-1)34-29-21-20-23-11-4-5-14-25(23)35(29)42-39(41-34)43-30-18-8-6-15-26(30)32-28-17-10-22-40-36(28)38-33(37(32)43)27-16-7-9-19-31(27)44-38/h1-22H. The van der Waals surface area contributed by atoms with Crippen molar-refractivity contribution >= 4 is 85.9 Å². The molecule has 204 valence electrons. The fourth-order valence-corrected chi connectivity index (χ4v) is 8.17. The van der Waals surface area contributed by atoms with Crippen LogP contribution < -0.4 is 0 Å². The molecule has 0 atom stereocenters. The van der Waals surface area contributed by atoms with Crippen LogP contribution in [0.3, 0.4) is 0 Å². The molecule has 0 aliphatic heterocycles. The number of para-hydroxylation sites is 1. The predicted molar refractivity (Wildman–Crippen MR) is 185 cm³/mol. The van der Waals surface area contributed by atoms with Crippen LogP contribution >= 0.6 is 11.3 Å². The number of hydrogen-bond donors (Lipinski definition) is 0. The maximum absolute atomic E-state index is 5.42. The van der Waals surface area contributed by atoms with Gasteiger partial charge in [-0.1, -0.05) is 103 Å². The van der Waals surface area contributed by atoms with E-state index in [0.29, 0.717) is 5.95 Å². The van der Waals surface area contributed by atoms with E-state index < -0.39 is 0 Å². The largest absolute Gasteiger partial charge is 0.277 e. The maximum atomic E-state index is 5.42. The van der Waals surface area contributed by atoms with E-state index in [1.54, 1.807) is 0 Å². The Hall–Kier alpha value is -5.65. The van der Waals surface area contributed by atoms with E-state index in [0.717, 1.165) is 54.9 Å². The highest BCUT2D eigenvalue weighted by Gasteiger charge is 2.24. The average Bonchev–Trinajstić information content (AvgIpc) is 3.65. The highest BCUT2D eigenvalue weighted by Crippen LogP contribution is 2.47. The lowest BCUT2D eigenvalue weighted by molar-refractivity contribution is 1.02. The monoisotopic (exact) mass is 578 g/mol. The van der Waals surface area contributed by atoms with Crippen molar-refractivity contribution < 1.29 is 0 Å². The van der Waals surface area contributed by atoms with Gasteiger partial charge in [-0.3, -0.25) is 9.55 Å². The Morgan fingerprint density at radius 2 is 1.27 bits per heavy atom. The number of benzene rings is 6. The average molecular weight is 579 g/mol. The number of fused-ring (bicyclic) bond motifs is 13. The molecular weight excluding hydrogens is 557 g/mol. The molecule has 0 saturated carbocycles. The first-order valence-corrected chi connectivity index (χ1v) is 15.5. The van der Waals surface area contributed by atoms with E-state index in [2.05, 4.69) is 120 Å². The minimum absolute atomic E-state index is 0.665. The Bertz CT molecular complexity index is 2780. The molecule has 6 aromatic carbocycles. The fraction of sp³-hybridized carbons (Fsp3) is 0. The zero-order valence-electron chi connectivity index (χ0n) is 23.4. The SMILES string of the molecule is c1ccc(-c2nc(-n3c4ccccc4c4c5cccnc5c5sc6ccccc6c5c43)nc3c2ccc2ccccc23)cc1. The Balaban J connectivity index is 1.48. The lowest BCUT2D eigenvalue weighted by Crippen LogP contribution is -2.04. The number of hydrogen-bond acceptors (Lipinski definition) is 4. The van der Waals surface area contributed by atoms with Crippen molar-refractivity contribution in [3.05, 3.63) is 134 Å². The molecule has 0 N–H and O–H groups in total. The molecule has 0 spiro atoms. The topological polar surface area (TPSA) is 43.6 Å². The summed E-state index contributed by atoms with van der Waals surface area (Å²) < 4.78 is 4.73. The van der Waals surface area contributed by atoms with E-state index >= 15 is 0 Å². The zero-order valence-corrected chi connectivity index (χ0v) is 24.2. The summed E-state index contributed by atoms with van der Waals surface area (Å²) in [6.07, 6.45) is 1.90. The van der Waals surface area contributed by atoms with Crippen LogP contribution in [0.4, 0.5) is 0 Å². The van der Waals surface area contributed by atoms with Gasteiger partial charge in [0.25, 0.3) is 0 Å². The first-order valence-electron chi connectivity index (χ1n) is 14.7. The highest BCUT2D eigenvalue weighted by atomic mass is 32.1. The minimum atomic E-state index is 0.665. The maximum Gasteiger partial charge on any atom is 0.235 e. The quantitative estimate of drug-likeness (QED) is 0.192. The summed E-state index contributed by atoms with van der Waals surface area (Å²) in [5.41, 5.74) is 6.18. The second-order valence-corrected chi connectivity index (χ2v) is 12.3. The Morgan fingerprint density at radius 1 is 0.523 bits per heavy atom. The Kier molecular flexibility index (Phi) is 4.84. The Morgan fingerprint density at radius 3 is 2.18 bits per heavy atom. The van der Waals surface area contributed by atoms with E-state index in [4.69, 9.17) is 15.0 Å². The van der Waals surface area contributed by atoms with Crippen LogP contribution in [0.15, 0.2) is 134 Å². The second kappa shape index (κ2) is 8.93. The van der Waals surface area contributed by atoms with Gasteiger partial charge < -0.3 is 0 Å². The molecule has 0 bridgehead atoms. The molecule has 10 rings (SSSR count). The van der Waals surface area contributed by atoms with Crippen molar-refractivity contribution in [1.29, 1.82) is 0 Å². The van der Waals surface area contributed by atoms with E-state index in [9.17, 15) is 0 Å². The van der Waals surface area contributed by atoms with Gasteiger partial charge in [0.15, 0.2) is 0 Å². The third-order valence-electron chi connectivity index (χ3n) is 8.83. The summed E-state index contributed by atoms with van der Waals surface area (Å²) in [6, 6.07) is 44.9. The molecule has 0 aliphatic rings. The number of thiophene rings is 1. The van der Waals surface area contributed by atoms with E-state index in [1.807, 2.05) is 29.7 Å². The third kappa shape index (κ3) is 3.19. The van der Waals surface area contributed by atoms with Crippen LogP contribution in [-0.4, -0.2) is 19.5 Å². The van der Waals surface area contributed by atoms with Crippen LogP contribution in [0.1, 0.15) is 0 Å². The number of pyridine rings is 1. The first-order chi connectivity index (χ1) is 21.8. The smallest absolute Gasteiger partial charge is 0.235 e. The summed E-state index contributed by atoms with van der Waals surface area (Å²) in [6.45, 7) is 0. The van der Waals surface area contributed by atoms with Gasteiger partial charge in [-0.05, 0) is 29.7 Å². The molecule has 4 heterocycles. The number of aromatic nitrogens is 4. The van der Waals surface area contributed by atoms with Gasteiger partial charge in [0, 0.05) is 54.2 Å². The summed E-state index contributed by atoms with van der Waals surface area (Å²) in [5, 5.41) is 9.24. The van der Waals surface area contributed by atoms with Gasteiger partial charge in [0.05, 0.1) is 32.5 Å². The predicted octanol–water partition coefficient (Wildman–Crippen LogP) is 10.5. The summed E-state index contributed by atoms with van der Waals surface area (Å²) >= 11 is 1.81. The summed E-state index contributed by atoms with van der Waals surface area (Å²) in [5.74, 6) is 0.665. The molecule has 4 nitrogen and oxygen atoms in total. The molecule has 0 fully saturated rings. The molecule has 0 unspecified atom stereocenters. The van der Waals surface area contributed by atoms with Gasteiger partial charge in [-0.25, -0.2) is 9.97 Å². The lowest BCUT2D eigenvalue weighted by atomic mass is 10.0. The molecule has 0 aliphatic carbocycles. The van der Waals surface area contributed by atoms with Gasteiger partial charge in [-0.15, -0.1) is 11.3 Å². The molecule has 4 aromatic heterocycles. The summed E-state index contributed by atoms with van der Waals surface area (Å²) in [4.78, 5) is 15.8. The van der Waals surface area contributed by atoms with Gasteiger partial charge >= 0.3 is 0 Å². The van der Waals surface area contributed by atoms with Crippen molar-refractivity contribution in [2.75, 3.05) is 0 Å². The molecule has 44 heavy (non-hydrogen) atoms. The van der Waals surface area contributed by atoms with E-state index in [-0.39, 0.29) is 0 Å². The second-order valence-electron chi connectivity index (χ2n) is 11.2. The molecule has 0 saturated heterocycles. The van der Waals surface area contributed by atoms with Gasteiger partial charge in [0.1, 0.15) is 0 Å². The minimum Gasteiger partial charge on any atom is -0.277 e. The van der Waals surface area contributed by atoms with Crippen LogP contribution in [0.2, 0.25) is 0 Å². The normalized spacial score (nSPS) is 12.1. The van der Waals surface area contributed by atoms with Crippen LogP contribution in [0, 0.1) is 0 Å². The Labute approximate surface area is 255 Å². The van der Waals surface area contributed by atoms with Crippen molar-refractivity contribution in [3.63, 3.8) is 0 Å². The molecule has 5 heteroatoms. The van der Waals surface area contributed by atoms with Crippen LogP contribution in [-0.2, 0) is 0 Å². The molecule has 10 aromatic rings. The molecule has 0 amide bonds. The van der Waals surface area contributed by atoms with Crippen LogP contribution in [0.25, 0.3) is 91.8 Å². The number of rotatable bonds is 2. The summed E-state index contributed by atoms with van der Waals surface area (Å²) in [7, 11) is 0. The molecule has 0 radical (unpaired) electrons. The first kappa shape index (κ1) is 23.9. The number of nitrogens with zero attached hydrogens (tertiary/aromatic N) is 4. The van der Waals surface area contributed by atoms with Crippen molar-refractivity contribution in [3.8, 4) is 17.2 Å². The van der Waals surface area contributed by atoms with Gasteiger partial charge in [-0.2, -0.15) is 0 Å². The highest BCUT2D eigenvalue weighted by molar-refractivity contribution is 7.26. The fourth-order valence-electron chi connectivity index (χ4n) is 6.96. The molecular formula is C39H22N4S. The zero-order chi connectivity index (χ0) is 28.8. The third-order valence-corrected chi connectivity index (χ3v) is 10.0. The van der Waals surface area contributed by atoms with Crippen LogP contribution in [0.5, 0.6) is 0 Å². The lowest BCUT2D eigenvalue weighted by Gasteiger charge is -2.14. The van der Waals surface area contributed by atoms with E-state index in [1.165, 1.54) is 30.9 Å². The van der Waals surface area contributed by atoms with Crippen molar-refractivity contribution in [2.45, 2.75) is 0 Å². The van der Waals surface area contributed by atoms with Crippen molar-refractivity contribution in [2.24, 2.45) is 0 Å². The van der Waals surface area contributed by atoms with Crippen molar-refractivity contribution in [1.82, 2.24) is 19.5 Å².